The molecule has 0 spiro atoms. The number of hydrogen-bond acceptors (Lipinski definition) is 2. The van der Waals surface area contributed by atoms with E-state index in [1.54, 1.807) is 0 Å². The molecule has 20 heavy (non-hydrogen) atoms. The molecule has 0 aliphatic heterocycles. The van der Waals surface area contributed by atoms with E-state index in [2.05, 4.69) is 52.8 Å². The second-order valence-electron chi connectivity index (χ2n) is 7.58. The van der Waals surface area contributed by atoms with E-state index in [9.17, 15) is 0 Å². The van der Waals surface area contributed by atoms with Crippen LogP contribution in [-0.2, 0) is 5.41 Å². The number of nitrogens with two attached hydrogens (primary N) is 1. The Morgan fingerprint density at radius 3 is 2.45 bits per heavy atom. The molecule has 0 heterocycles. The first-order valence-corrected chi connectivity index (χ1v) is 7.80. The minimum atomic E-state index is 0.140. The Balaban J connectivity index is 2.13. The molecule has 1 aliphatic carbocycles. The van der Waals surface area contributed by atoms with Crippen LogP contribution in [-0.4, -0.2) is 12.1 Å². The molecule has 1 aliphatic rings. The fraction of sp³-hybridized carbons (Fsp3) is 0.667. The Bertz CT molecular complexity index is 437. The van der Waals surface area contributed by atoms with Crippen LogP contribution in [0.5, 0.6) is 5.75 Å². The van der Waals surface area contributed by atoms with Crippen molar-refractivity contribution < 1.29 is 4.74 Å². The van der Waals surface area contributed by atoms with Crippen LogP contribution in [0.2, 0.25) is 0 Å². The summed E-state index contributed by atoms with van der Waals surface area (Å²) < 4.78 is 6.24. The van der Waals surface area contributed by atoms with Gasteiger partial charge < -0.3 is 10.5 Å². The lowest BCUT2D eigenvalue weighted by Crippen LogP contribution is -2.48. The van der Waals surface area contributed by atoms with E-state index in [-0.39, 0.29) is 17.6 Å². The van der Waals surface area contributed by atoms with Crippen molar-refractivity contribution in [2.45, 2.75) is 65.0 Å². The largest absolute Gasteiger partial charge is 0.489 e. The molecule has 112 valence electrons. The third-order valence-corrected chi connectivity index (χ3v) is 4.40. The fourth-order valence-electron chi connectivity index (χ4n) is 3.28. The SMILES string of the molecule is CC1CC(C)C(Oc2cccc(C(C)(C)C)c2)C(N)C1. The Labute approximate surface area is 123 Å². The zero-order valence-corrected chi connectivity index (χ0v) is 13.5. The molecule has 2 rings (SSSR count). The number of ether oxygens (including phenoxy) is 1. The van der Waals surface area contributed by atoms with Crippen molar-refractivity contribution in [2.75, 3.05) is 0 Å². The molecule has 1 aromatic carbocycles. The average Bonchev–Trinajstić information content (AvgIpc) is 2.33. The van der Waals surface area contributed by atoms with Crippen molar-refractivity contribution >= 4 is 0 Å². The number of rotatable bonds is 2. The molecule has 1 aromatic rings. The molecule has 2 N–H and O–H groups in total. The van der Waals surface area contributed by atoms with Crippen molar-refractivity contribution in [1.82, 2.24) is 0 Å². The molecule has 2 heteroatoms. The summed E-state index contributed by atoms with van der Waals surface area (Å²) >= 11 is 0. The Kier molecular flexibility index (Phi) is 4.43. The van der Waals surface area contributed by atoms with E-state index in [1.807, 2.05) is 6.07 Å². The quantitative estimate of drug-likeness (QED) is 0.881. The molecule has 4 unspecified atom stereocenters. The second-order valence-corrected chi connectivity index (χ2v) is 7.58. The van der Waals surface area contributed by atoms with Gasteiger partial charge in [-0.1, -0.05) is 46.8 Å². The van der Waals surface area contributed by atoms with Crippen LogP contribution in [0, 0.1) is 11.8 Å². The average molecular weight is 275 g/mol. The molecule has 0 bridgehead atoms. The van der Waals surface area contributed by atoms with Gasteiger partial charge in [0.15, 0.2) is 0 Å². The van der Waals surface area contributed by atoms with Crippen LogP contribution < -0.4 is 10.5 Å². The maximum absolute atomic E-state index is 6.31. The van der Waals surface area contributed by atoms with Gasteiger partial charge in [0.05, 0.1) is 0 Å². The first-order valence-electron chi connectivity index (χ1n) is 7.80. The standard InChI is InChI=1S/C18H29NO/c1-12-9-13(2)17(16(19)10-12)20-15-8-6-7-14(11-15)18(3,4)5/h6-8,11-13,16-17H,9-10,19H2,1-5H3. The summed E-state index contributed by atoms with van der Waals surface area (Å²) in [5, 5.41) is 0. The van der Waals surface area contributed by atoms with Gasteiger partial charge in [0, 0.05) is 6.04 Å². The van der Waals surface area contributed by atoms with Gasteiger partial charge in [0.1, 0.15) is 11.9 Å². The molecule has 2 nitrogen and oxygen atoms in total. The van der Waals surface area contributed by atoms with Gasteiger partial charge >= 0.3 is 0 Å². The zero-order valence-electron chi connectivity index (χ0n) is 13.5. The van der Waals surface area contributed by atoms with E-state index in [4.69, 9.17) is 10.5 Å². The second kappa shape index (κ2) is 5.77. The highest BCUT2D eigenvalue weighted by atomic mass is 16.5. The highest BCUT2D eigenvalue weighted by molar-refractivity contribution is 5.32. The van der Waals surface area contributed by atoms with Gasteiger partial charge in [-0.2, -0.15) is 0 Å². The van der Waals surface area contributed by atoms with Crippen molar-refractivity contribution in [3.63, 3.8) is 0 Å². The summed E-state index contributed by atoms with van der Waals surface area (Å²) in [5.41, 5.74) is 7.76. The molecule has 0 saturated heterocycles. The predicted molar refractivity (Wildman–Crippen MR) is 85.1 cm³/mol. The van der Waals surface area contributed by atoms with Gasteiger partial charge in [-0.15, -0.1) is 0 Å². The van der Waals surface area contributed by atoms with Gasteiger partial charge in [0.2, 0.25) is 0 Å². The van der Waals surface area contributed by atoms with E-state index in [0.29, 0.717) is 11.8 Å². The zero-order chi connectivity index (χ0) is 14.9. The van der Waals surface area contributed by atoms with E-state index < -0.39 is 0 Å². The molecule has 1 fully saturated rings. The molecule has 0 amide bonds. The van der Waals surface area contributed by atoms with Crippen molar-refractivity contribution in [2.24, 2.45) is 17.6 Å². The molecule has 1 saturated carbocycles. The van der Waals surface area contributed by atoms with E-state index >= 15 is 0 Å². The molecule has 0 radical (unpaired) electrons. The van der Waals surface area contributed by atoms with E-state index in [1.165, 1.54) is 12.0 Å². The fourth-order valence-corrected chi connectivity index (χ4v) is 3.28. The number of benzene rings is 1. The lowest BCUT2D eigenvalue weighted by atomic mass is 9.78. The van der Waals surface area contributed by atoms with Crippen LogP contribution in [0.4, 0.5) is 0 Å². The maximum Gasteiger partial charge on any atom is 0.120 e. The first-order chi connectivity index (χ1) is 9.27. The van der Waals surface area contributed by atoms with Crippen molar-refractivity contribution in [1.29, 1.82) is 0 Å². The maximum atomic E-state index is 6.31. The topological polar surface area (TPSA) is 35.2 Å². The van der Waals surface area contributed by atoms with Gasteiger partial charge in [0.25, 0.3) is 0 Å². The molecule has 4 atom stereocenters. The van der Waals surface area contributed by atoms with Crippen LogP contribution in [0.25, 0.3) is 0 Å². The third-order valence-electron chi connectivity index (χ3n) is 4.40. The summed E-state index contributed by atoms with van der Waals surface area (Å²) in [7, 11) is 0. The predicted octanol–water partition coefficient (Wildman–Crippen LogP) is 4.12. The monoisotopic (exact) mass is 275 g/mol. The Morgan fingerprint density at radius 1 is 1.15 bits per heavy atom. The molecular weight excluding hydrogens is 246 g/mol. The minimum absolute atomic E-state index is 0.140. The highest BCUT2D eigenvalue weighted by Gasteiger charge is 2.33. The third kappa shape index (κ3) is 3.54. The highest BCUT2D eigenvalue weighted by Crippen LogP contribution is 2.32. The molecule has 0 aromatic heterocycles. The van der Waals surface area contributed by atoms with Crippen LogP contribution in [0.1, 0.15) is 53.0 Å². The van der Waals surface area contributed by atoms with Gasteiger partial charge in [-0.3, -0.25) is 0 Å². The lowest BCUT2D eigenvalue weighted by Gasteiger charge is -2.37. The minimum Gasteiger partial charge on any atom is -0.489 e. The van der Waals surface area contributed by atoms with Crippen molar-refractivity contribution in [3.05, 3.63) is 29.8 Å². The normalized spacial score (nSPS) is 31.1. The molecular formula is C18H29NO. The van der Waals surface area contributed by atoms with Crippen molar-refractivity contribution in [3.8, 4) is 5.75 Å². The number of hydrogen-bond donors (Lipinski definition) is 1. The lowest BCUT2D eigenvalue weighted by molar-refractivity contribution is 0.0625. The smallest absolute Gasteiger partial charge is 0.120 e. The summed E-state index contributed by atoms with van der Waals surface area (Å²) in [6.45, 7) is 11.2. The Hall–Kier alpha value is -1.02. The summed E-state index contributed by atoms with van der Waals surface area (Å²) in [4.78, 5) is 0. The van der Waals surface area contributed by atoms with Crippen LogP contribution in [0.3, 0.4) is 0 Å². The first kappa shape index (κ1) is 15.4. The Morgan fingerprint density at radius 2 is 1.85 bits per heavy atom. The van der Waals surface area contributed by atoms with Crippen LogP contribution in [0.15, 0.2) is 24.3 Å². The summed E-state index contributed by atoms with van der Waals surface area (Å²) in [6, 6.07) is 8.60. The van der Waals surface area contributed by atoms with Gasteiger partial charge in [-0.05, 0) is 47.8 Å². The van der Waals surface area contributed by atoms with E-state index in [0.717, 1.165) is 12.2 Å². The summed E-state index contributed by atoms with van der Waals surface area (Å²) in [5.74, 6) is 2.19. The summed E-state index contributed by atoms with van der Waals surface area (Å²) in [6.07, 6.45) is 2.41. The van der Waals surface area contributed by atoms with Crippen LogP contribution >= 0.6 is 0 Å². The van der Waals surface area contributed by atoms with Gasteiger partial charge in [-0.25, -0.2) is 0 Å².